The predicted molar refractivity (Wildman–Crippen MR) is 92.9 cm³/mol. The number of fused-ring (bicyclic) bond motifs is 2. The molecule has 4 fully saturated rings. The molecule has 3 saturated carbocycles. The Kier molecular flexibility index (Phi) is 4.42. The lowest BCUT2D eigenvalue weighted by Gasteiger charge is -2.48. The first-order chi connectivity index (χ1) is 11.2. The Morgan fingerprint density at radius 3 is 2.26 bits per heavy atom. The summed E-state index contributed by atoms with van der Waals surface area (Å²) in [6, 6.07) is 0.374. The highest BCUT2D eigenvalue weighted by atomic mass is 16.2. The third kappa shape index (κ3) is 3.06. The zero-order valence-corrected chi connectivity index (χ0v) is 14.6. The summed E-state index contributed by atoms with van der Waals surface area (Å²) in [6.45, 7) is 2.07. The molecule has 1 amide bonds. The van der Waals surface area contributed by atoms with Crippen LogP contribution in [-0.2, 0) is 4.79 Å². The molecule has 1 heterocycles. The zero-order valence-electron chi connectivity index (χ0n) is 14.6. The van der Waals surface area contributed by atoms with Crippen molar-refractivity contribution in [1.82, 2.24) is 4.90 Å². The average Bonchev–Trinajstić information content (AvgIpc) is 2.55. The van der Waals surface area contributed by atoms with Crippen molar-refractivity contribution in [2.75, 3.05) is 13.1 Å². The Bertz CT molecular complexity index is 423. The summed E-state index contributed by atoms with van der Waals surface area (Å²) < 4.78 is 0. The summed E-state index contributed by atoms with van der Waals surface area (Å²) in [5.74, 6) is 2.00. The third-order valence-corrected chi connectivity index (χ3v) is 7.65. The highest BCUT2D eigenvalue weighted by molar-refractivity contribution is 5.79. The van der Waals surface area contributed by atoms with Gasteiger partial charge >= 0.3 is 0 Å². The van der Waals surface area contributed by atoms with Gasteiger partial charge in [0.05, 0.1) is 0 Å². The van der Waals surface area contributed by atoms with E-state index in [4.69, 9.17) is 5.73 Å². The summed E-state index contributed by atoms with van der Waals surface area (Å²) in [5, 5.41) is 0. The van der Waals surface area contributed by atoms with Gasteiger partial charge in [0.25, 0.3) is 0 Å². The molecule has 0 aromatic heterocycles. The van der Waals surface area contributed by atoms with Gasteiger partial charge in [-0.25, -0.2) is 0 Å². The van der Waals surface area contributed by atoms with E-state index < -0.39 is 0 Å². The first kappa shape index (κ1) is 15.9. The molecule has 0 aromatic carbocycles. The van der Waals surface area contributed by atoms with Crippen LogP contribution in [0, 0.1) is 23.2 Å². The zero-order chi connectivity index (χ0) is 15.9. The second-order valence-electron chi connectivity index (χ2n) is 9.12. The van der Waals surface area contributed by atoms with Gasteiger partial charge in [-0.1, -0.05) is 25.7 Å². The van der Waals surface area contributed by atoms with Crippen molar-refractivity contribution in [3.8, 4) is 0 Å². The number of carbonyl (C=O) groups excluding carboxylic acids is 1. The number of nitrogens with zero attached hydrogens (tertiary/aromatic N) is 1. The van der Waals surface area contributed by atoms with Crippen LogP contribution in [0.1, 0.15) is 77.0 Å². The highest BCUT2D eigenvalue weighted by Crippen LogP contribution is 2.45. The molecule has 2 atom stereocenters. The normalized spacial score (nSPS) is 40.1. The summed E-state index contributed by atoms with van der Waals surface area (Å²) in [5.41, 5.74) is 6.89. The van der Waals surface area contributed by atoms with Crippen LogP contribution >= 0.6 is 0 Å². The number of amides is 1. The van der Waals surface area contributed by atoms with Gasteiger partial charge in [-0.2, -0.15) is 0 Å². The van der Waals surface area contributed by atoms with E-state index >= 15 is 0 Å². The molecule has 1 spiro atoms. The van der Waals surface area contributed by atoms with Crippen LogP contribution in [-0.4, -0.2) is 29.9 Å². The molecular weight excluding hydrogens is 284 g/mol. The van der Waals surface area contributed by atoms with Crippen LogP contribution in [0.2, 0.25) is 0 Å². The number of hydrogen-bond acceptors (Lipinski definition) is 2. The van der Waals surface area contributed by atoms with Crippen molar-refractivity contribution in [2.45, 2.75) is 83.1 Å². The van der Waals surface area contributed by atoms with Crippen LogP contribution in [0.5, 0.6) is 0 Å². The molecule has 1 saturated heterocycles. The largest absolute Gasteiger partial charge is 0.342 e. The summed E-state index contributed by atoms with van der Waals surface area (Å²) in [6.07, 6.45) is 15.4. The summed E-state index contributed by atoms with van der Waals surface area (Å²) >= 11 is 0. The third-order valence-electron chi connectivity index (χ3n) is 7.65. The number of carbonyl (C=O) groups is 1. The molecule has 2 unspecified atom stereocenters. The number of rotatable bonds is 1. The van der Waals surface area contributed by atoms with Gasteiger partial charge in [0, 0.05) is 25.0 Å². The van der Waals surface area contributed by atoms with Crippen LogP contribution in [0.3, 0.4) is 0 Å². The molecule has 4 aliphatic rings. The molecule has 0 aromatic rings. The van der Waals surface area contributed by atoms with E-state index in [-0.39, 0.29) is 5.92 Å². The monoisotopic (exact) mass is 318 g/mol. The topological polar surface area (TPSA) is 46.3 Å². The van der Waals surface area contributed by atoms with Crippen LogP contribution in [0.25, 0.3) is 0 Å². The van der Waals surface area contributed by atoms with Gasteiger partial charge in [0.15, 0.2) is 0 Å². The lowest BCUT2D eigenvalue weighted by Crippen LogP contribution is -2.53. The predicted octanol–water partition coefficient (Wildman–Crippen LogP) is 3.71. The minimum Gasteiger partial charge on any atom is -0.342 e. The molecule has 1 aliphatic heterocycles. The van der Waals surface area contributed by atoms with Crippen LogP contribution in [0.15, 0.2) is 0 Å². The number of hydrogen-bond donors (Lipinski definition) is 1. The van der Waals surface area contributed by atoms with Crippen molar-refractivity contribution in [3.63, 3.8) is 0 Å². The molecule has 0 radical (unpaired) electrons. The maximum absolute atomic E-state index is 13.2. The van der Waals surface area contributed by atoms with E-state index in [9.17, 15) is 4.79 Å². The lowest BCUT2D eigenvalue weighted by molar-refractivity contribution is -0.143. The molecule has 130 valence electrons. The standard InChI is InChI=1S/C20H34N2O/c21-18-15-6-4-7-16(18)13-17(12-15)19(23)22-11-5-10-20(14-22)8-2-1-3-9-20/h15-18H,1-14,21H2. The smallest absolute Gasteiger partial charge is 0.225 e. The second-order valence-corrected chi connectivity index (χ2v) is 9.12. The van der Waals surface area contributed by atoms with Crippen molar-refractivity contribution < 1.29 is 4.79 Å². The molecule has 2 bridgehead atoms. The first-order valence-corrected chi connectivity index (χ1v) is 10.2. The minimum atomic E-state index is 0.281. The number of piperidine rings is 1. The molecular formula is C20H34N2O. The lowest BCUT2D eigenvalue weighted by atomic mass is 9.64. The van der Waals surface area contributed by atoms with Crippen LogP contribution < -0.4 is 5.73 Å². The van der Waals surface area contributed by atoms with Gasteiger partial charge in [-0.3, -0.25) is 4.79 Å². The quantitative estimate of drug-likeness (QED) is 0.801. The van der Waals surface area contributed by atoms with E-state index in [1.165, 1.54) is 64.2 Å². The Balaban J connectivity index is 1.42. The van der Waals surface area contributed by atoms with Crippen molar-refractivity contribution in [1.29, 1.82) is 0 Å². The molecule has 3 heteroatoms. The average molecular weight is 319 g/mol. The van der Waals surface area contributed by atoms with E-state index in [1.807, 2.05) is 0 Å². The molecule has 23 heavy (non-hydrogen) atoms. The van der Waals surface area contributed by atoms with Crippen molar-refractivity contribution in [3.05, 3.63) is 0 Å². The summed E-state index contributed by atoms with van der Waals surface area (Å²) in [4.78, 5) is 15.5. The van der Waals surface area contributed by atoms with E-state index in [2.05, 4.69) is 4.90 Å². The van der Waals surface area contributed by atoms with Crippen LogP contribution in [0.4, 0.5) is 0 Å². The number of likely N-dealkylation sites (tertiary alicyclic amines) is 1. The van der Waals surface area contributed by atoms with E-state index in [1.54, 1.807) is 0 Å². The molecule has 4 rings (SSSR count). The number of nitrogens with two attached hydrogens (primary N) is 1. The van der Waals surface area contributed by atoms with Gasteiger partial charge in [-0.15, -0.1) is 0 Å². The van der Waals surface area contributed by atoms with E-state index in [0.29, 0.717) is 29.2 Å². The highest BCUT2D eigenvalue weighted by Gasteiger charge is 2.44. The maximum Gasteiger partial charge on any atom is 0.225 e. The SMILES string of the molecule is NC1C2CCCC1CC(C(=O)N1CCCC3(CCCCC3)C1)C2. The fourth-order valence-electron chi connectivity index (χ4n) is 6.35. The fraction of sp³-hybridized carbons (Fsp3) is 0.950. The second kappa shape index (κ2) is 6.38. The molecule has 2 N–H and O–H groups in total. The molecule has 3 aliphatic carbocycles. The van der Waals surface area contributed by atoms with Gasteiger partial charge in [0.2, 0.25) is 5.91 Å². The van der Waals surface area contributed by atoms with Gasteiger partial charge in [-0.05, 0) is 68.6 Å². The Hall–Kier alpha value is -0.570. The minimum absolute atomic E-state index is 0.281. The molecule has 3 nitrogen and oxygen atoms in total. The Labute approximate surface area is 141 Å². The summed E-state index contributed by atoms with van der Waals surface area (Å²) in [7, 11) is 0. The maximum atomic E-state index is 13.2. The van der Waals surface area contributed by atoms with Crippen molar-refractivity contribution >= 4 is 5.91 Å². The van der Waals surface area contributed by atoms with Crippen molar-refractivity contribution in [2.24, 2.45) is 28.9 Å². The Morgan fingerprint density at radius 1 is 0.913 bits per heavy atom. The van der Waals surface area contributed by atoms with E-state index in [0.717, 1.165) is 25.9 Å². The van der Waals surface area contributed by atoms with Gasteiger partial charge in [0.1, 0.15) is 0 Å². The fourth-order valence-corrected chi connectivity index (χ4v) is 6.35. The Morgan fingerprint density at radius 2 is 1.57 bits per heavy atom. The first-order valence-electron chi connectivity index (χ1n) is 10.2. The van der Waals surface area contributed by atoms with Gasteiger partial charge < -0.3 is 10.6 Å².